The van der Waals surface area contributed by atoms with E-state index in [4.69, 9.17) is 14.2 Å². The van der Waals surface area contributed by atoms with Crippen LogP contribution in [0.1, 0.15) is 66.2 Å². The number of hydrogen-bond donors (Lipinski definition) is 0. The highest BCUT2D eigenvalue weighted by atomic mass is 16.6. The normalized spacial score (nSPS) is 39.7. The van der Waals surface area contributed by atoms with Crippen molar-refractivity contribution in [3.8, 4) is 0 Å². The van der Waals surface area contributed by atoms with E-state index in [0.717, 1.165) is 37.7 Å². The fourth-order valence-electron chi connectivity index (χ4n) is 6.38. The Morgan fingerprint density at radius 3 is 2.71 bits per heavy atom. The molecule has 0 unspecified atom stereocenters. The van der Waals surface area contributed by atoms with Crippen LogP contribution in [0.4, 0.5) is 0 Å². The molecule has 4 aliphatic rings. The number of carbonyl (C=O) groups excluding carboxylic acids is 3. The minimum absolute atomic E-state index is 0.0739. The van der Waals surface area contributed by atoms with E-state index in [2.05, 4.69) is 13.8 Å². The number of cyclic esters (lactones) is 1. The molecule has 2 saturated carbocycles. The maximum Gasteiger partial charge on any atom is 0.333 e. The highest BCUT2D eigenvalue weighted by Crippen LogP contribution is 2.67. The van der Waals surface area contributed by atoms with E-state index >= 15 is 0 Å². The Morgan fingerprint density at radius 1 is 1.35 bits per heavy atom. The minimum atomic E-state index is -0.785. The molecule has 4 rings (SSSR count). The van der Waals surface area contributed by atoms with Gasteiger partial charge in [-0.15, -0.1) is 0 Å². The van der Waals surface area contributed by atoms with Crippen molar-refractivity contribution in [3.63, 3.8) is 0 Å². The van der Waals surface area contributed by atoms with E-state index in [1.165, 1.54) is 0 Å². The number of allylic oxidation sites excluding steroid dienone is 1. The lowest BCUT2D eigenvalue weighted by molar-refractivity contribution is -0.182. The molecule has 31 heavy (non-hydrogen) atoms. The van der Waals surface area contributed by atoms with Gasteiger partial charge in [0.15, 0.2) is 0 Å². The number of ether oxygens (including phenoxy) is 3. The number of esters is 2. The molecular formula is C25H34O6. The second-order valence-electron chi connectivity index (χ2n) is 10.2. The zero-order valence-electron chi connectivity index (χ0n) is 19.1. The third-order valence-corrected chi connectivity index (χ3v) is 8.78. The molecule has 0 aromatic heterocycles. The van der Waals surface area contributed by atoms with E-state index in [1.54, 1.807) is 26.0 Å². The first-order chi connectivity index (χ1) is 14.7. The van der Waals surface area contributed by atoms with Gasteiger partial charge >= 0.3 is 11.9 Å². The van der Waals surface area contributed by atoms with E-state index in [9.17, 15) is 14.4 Å². The van der Waals surface area contributed by atoms with Gasteiger partial charge in [-0.25, -0.2) is 9.59 Å². The molecule has 0 aromatic carbocycles. The predicted molar refractivity (Wildman–Crippen MR) is 114 cm³/mol. The van der Waals surface area contributed by atoms with Gasteiger partial charge in [-0.05, 0) is 62.4 Å². The molecule has 2 aliphatic heterocycles. The Morgan fingerprint density at radius 2 is 2.10 bits per heavy atom. The van der Waals surface area contributed by atoms with Crippen molar-refractivity contribution in [2.24, 2.45) is 22.7 Å². The van der Waals surface area contributed by atoms with Gasteiger partial charge in [0.2, 0.25) is 0 Å². The molecule has 5 atom stereocenters. The number of ketones is 1. The summed E-state index contributed by atoms with van der Waals surface area (Å²) in [5.74, 6) is -0.166. The Balaban J connectivity index is 1.65. The molecule has 0 N–H and O–H groups in total. The van der Waals surface area contributed by atoms with Crippen LogP contribution < -0.4 is 0 Å². The fraction of sp³-hybridized carbons (Fsp3) is 0.720. The minimum Gasteiger partial charge on any atom is -0.461 e. The van der Waals surface area contributed by atoms with Gasteiger partial charge in [-0.2, -0.15) is 0 Å². The zero-order chi connectivity index (χ0) is 22.4. The molecule has 2 heterocycles. The van der Waals surface area contributed by atoms with Crippen LogP contribution in [0.5, 0.6) is 0 Å². The van der Waals surface area contributed by atoms with Crippen LogP contribution in [0, 0.1) is 22.7 Å². The maximum absolute atomic E-state index is 13.7. The molecule has 0 aromatic rings. The second kappa shape index (κ2) is 7.88. The number of rotatable bonds is 6. The van der Waals surface area contributed by atoms with Crippen LogP contribution in [0.2, 0.25) is 0 Å². The Bertz CT molecular complexity index is 850. The molecule has 1 saturated heterocycles. The van der Waals surface area contributed by atoms with E-state index in [0.29, 0.717) is 25.2 Å². The summed E-state index contributed by atoms with van der Waals surface area (Å²) >= 11 is 0. The van der Waals surface area contributed by atoms with Crippen molar-refractivity contribution in [2.75, 3.05) is 19.8 Å². The molecule has 0 bridgehead atoms. The molecule has 0 radical (unpaired) electrons. The fourth-order valence-corrected chi connectivity index (χ4v) is 6.38. The van der Waals surface area contributed by atoms with Crippen molar-refractivity contribution in [2.45, 2.75) is 71.8 Å². The van der Waals surface area contributed by atoms with Crippen LogP contribution >= 0.6 is 0 Å². The lowest BCUT2D eigenvalue weighted by Crippen LogP contribution is -2.64. The zero-order valence-corrected chi connectivity index (χ0v) is 19.1. The SMILES string of the molecule is C/C=C(\C)C(=O)OC[C@@]12C(=O)C[C@@H](C)[C@](C)(CCC3=CC(=O)OC3)[C@H]1CCC[C@]21CO1. The van der Waals surface area contributed by atoms with Gasteiger partial charge in [0.1, 0.15) is 24.6 Å². The van der Waals surface area contributed by atoms with Gasteiger partial charge < -0.3 is 14.2 Å². The van der Waals surface area contributed by atoms with Crippen LogP contribution in [0.15, 0.2) is 23.3 Å². The average Bonchev–Trinajstić information content (AvgIpc) is 3.40. The number of carbonyl (C=O) groups is 3. The highest BCUT2D eigenvalue weighted by Gasteiger charge is 2.74. The van der Waals surface area contributed by atoms with Gasteiger partial charge in [0, 0.05) is 18.1 Å². The molecular weight excluding hydrogens is 396 g/mol. The molecule has 2 aliphatic carbocycles. The molecule has 3 fully saturated rings. The first kappa shape index (κ1) is 22.3. The number of hydrogen-bond acceptors (Lipinski definition) is 6. The van der Waals surface area contributed by atoms with Gasteiger partial charge in [0.05, 0.1) is 12.0 Å². The summed E-state index contributed by atoms with van der Waals surface area (Å²) in [6, 6.07) is 0. The summed E-state index contributed by atoms with van der Waals surface area (Å²) < 4.78 is 16.9. The lowest BCUT2D eigenvalue weighted by Gasteiger charge is -2.59. The summed E-state index contributed by atoms with van der Waals surface area (Å²) in [5, 5.41) is 0. The average molecular weight is 431 g/mol. The monoisotopic (exact) mass is 430 g/mol. The third-order valence-electron chi connectivity index (χ3n) is 8.78. The quantitative estimate of drug-likeness (QED) is 0.361. The van der Waals surface area contributed by atoms with Crippen LogP contribution in [0.3, 0.4) is 0 Å². The van der Waals surface area contributed by atoms with Crippen molar-refractivity contribution in [1.29, 1.82) is 0 Å². The van der Waals surface area contributed by atoms with E-state index in [-0.39, 0.29) is 41.6 Å². The van der Waals surface area contributed by atoms with Crippen LogP contribution in [-0.4, -0.2) is 43.1 Å². The van der Waals surface area contributed by atoms with Gasteiger partial charge in [0.25, 0.3) is 0 Å². The molecule has 6 heteroatoms. The summed E-state index contributed by atoms with van der Waals surface area (Å²) in [6.07, 6.45) is 8.21. The highest BCUT2D eigenvalue weighted by molar-refractivity contribution is 5.91. The maximum atomic E-state index is 13.7. The van der Waals surface area contributed by atoms with Crippen molar-refractivity contribution < 1.29 is 28.6 Å². The van der Waals surface area contributed by atoms with E-state index in [1.807, 2.05) is 0 Å². The largest absolute Gasteiger partial charge is 0.461 e. The molecule has 6 nitrogen and oxygen atoms in total. The first-order valence-electron chi connectivity index (χ1n) is 11.5. The summed E-state index contributed by atoms with van der Waals surface area (Å²) in [6.45, 7) is 9.00. The molecule has 0 amide bonds. The third kappa shape index (κ3) is 3.47. The van der Waals surface area contributed by atoms with E-state index < -0.39 is 11.0 Å². The standard InChI is InChI=1S/C25H34O6/c1-5-16(2)22(28)30-15-25-19(7-6-9-24(25)14-31-24)23(4,17(3)11-20(25)26)10-8-18-12-21(27)29-13-18/h5,12,17,19H,6-11,13-15H2,1-4H3/b16-5+/t17-,19-,23+,24+,25+/m1/s1. The predicted octanol–water partition coefficient (Wildman–Crippen LogP) is 3.93. The Kier molecular flexibility index (Phi) is 5.65. The Hall–Kier alpha value is -1.95. The Labute approximate surface area is 184 Å². The van der Waals surface area contributed by atoms with Gasteiger partial charge in [-0.1, -0.05) is 26.3 Å². The van der Waals surface area contributed by atoms with Crippen molar-refractivity contribution >= 4 is 17.7 Å². The first-order valence-corrected chi connectivity index (χ1v) is 11.5. The lowest BCUT2D eigenvalue weighted by atomic mass is 9.43. The number of epoxide rings is 1. The summed E-state index contributed by atoms with van der Waals surface area (Å²) in [5.41, 5.74) is 0.162. The number of fused-ring (bicyclic) bond motifs is 2. The van der Waals surface area contributed by atoms with Crippen LogP contribution in [-0.2, 0) is 28.6 Å². The topological polar surface area (TPSA) is 82.2 Å². The smallest absolute Gasteiger partial charge is 0.333 e. The number of Topliss-reactive ketones (excluding diaryl/α,β-unsaturated/α-hetero) is 1. The molecule has 170 valence electrons. The second-order valence-corrected chi connectivity index (χ2v) is 10.2. The molecule has 1 spiro atoms. The summed E-state index contributed by atoms with van der Waals surface area (Å²) in [4.78, 5) is 37.7. The van der Waals surface area contributed by atoms with Crippen LogP contribution in [0.25, 0.3) is 0 Å². The van der Waals surface area contributed by atoms with Gasteiger partial charge in [-0.3, -0.25) is 4.79 Å². The summed E-state index contributed by atoms with van der Waals surface area (Å²) in [7, 11) is 0. The van der Waals surface area contributed by atoms with Crippen molar-refractivity contribution in [3.05, 3.63) is 23.3 Å². The van der Waals surface area contributed by atoms with Crippen molar-refractivity contribution in [1.82, 2.24) is 0 Å².